The molecule has 0 aliphatic carbocycles. The first-order valence-electron chi connectivity index (χ1n) is 15.2. The van der Waals surface area contributed by atoms with Crippen molar-refractivity contribution in [1.82, 2.24) is 20.9 Å². The Morgan fingerprint density at radius 1 is 1.02 bits per heavy atom. The van der Waals surface area contributed by atoms with E-state index in [-0.39, 0.29) is 23.6 Å². The Morgan fingerprint density at radius 3 is 2.41 bits per heavy atom. The van der Waals surface area contributed by atoms with E-state index in [0.29, 0.717) is 30.8 Å². The lowest BCUT2D eigenvalue weighted by Gasteiger charge is -2.31. The number of carbonyl (C=O) groups is 3. The summed E-state index contributed by atoms with van der Waals surface area (Å²) in [6, 6.07) is 15.4. The van der Waals surface area contributed by atoms with Gasteiger partial charge in [0.05, 0.1) is 16.3 Å². The van der Waals surface area contributed by atoms with Crippen molar-refractivity contribution in [3.63, 3.8) is 0 Å². The fourth-order valence-electron chi connectivity index (χ4n) is 5.39. The standard InChI is InChI=1S/C32H43N7O4S/c1-20(2)19-25(39-32(42)43-28(21-9-4-3-5-10-21)22-14-17-35-18-15-22)29(41)37-24(12-8-16-36-31(33)34)27(40)30-38-23-11-6-7-13-26(23)44-30/h3-7,9-11,13,20,22,24-25,28,35H,8,12,14-19H2,1-2H3,(H,37,41)(H,39,42)(H4,33,34,36)/t24-,25-,28?/m0/s1. The number of ketones is 1. The number of benzene rings is 2. The van der Waals surface area contributed by atoms with Gasteiger partial charge in [0, 0.05) is 12.5 Å². The van der Waals surface area contributed by atoms with Crippen molar-refractivity contribution in [3.8, 4) is 0 Å². The Kier molecular flexibility index (Phi) is 12.1. The molecule has 1 aliphatic heterocycles. The number of guanidine groups is 1. The van der Waals surface area contributed by atoms with E-state index in [1.807, 2.05) is 68.4 Å². The van der Waals surface area contributed by atoms with Crippen molar-refractivity contribution in [3.05, 3.63) is 65.2 Å². The smallest absolute Gasteiger partial charge is 0.408 e. The first-order valence-corrected chi connectivity index (χ1v) is 16.0. The normalized spacial score (nSPS) is 15.7. The number of hydrogen-bond acceptors (Lipinski definition) is 8. The molecule has 0 saturated carbocycles. The highest BCUT2D eigenvalue weighted by molar-refractivity contribution is 7.20. The predicted molar refractivity (Wildman–Crippen MR) is 173 cm³/mol. The van der Waals surface area contributed by atoms with Gasteiger partial charge in [0.2, 0.25) is 11.7 Å². The Balaban J connectivity index is 1.49. The lowest BCUT2D eigenvalue weighted by Crippen LogP contribution is -2.52. The largest absolute Gasteiger partial charge is 0.441 e. The van der Waals surface area contributed by atoms with Gasteiger partial charge in [-0.05, 0) is 68.8 Å². The maximum Gasteiger partial charge on any atom is 0.408 e. The summed E-state index contributed by atoms with van der Waals surface area (Å²) in [7, 11) is 0. The first-order chi connectivity index (χ1) is 21.2. The molecule has 2 aromatic carbocycles. The van der Waals surface area contributed by atoms with Crippen LogP contribution in [0.25, 0.3) is 10.2 Å². The summed E-state index contributed by atoms with van der Waals surface area (Å²) >= 11 is 1.28. The van der Waals surface area contributed by atoms with Crippen LogP contribution in [-0.2, 0) is 9.53 Å². The Bertz CT molecular complexity index is 1390. The molecule has 0 spiro atoms. The van der Waals surface area contributed by atoms with Crippen LogP contribution in [0.3, 0.4) is 0 Å². The van der Waals surface area contributed by atoms with E-state index in [1.165, 1.54) is 11.3 Å². The fourth-order valence-corrected chi connectivity index (χ4v) is 6.35. The van der Waals surface area contributed by atoms with Gasteiger partial charge in [0.1, 0.15) is 12.1 Å². The first kappa shape index (κ1) is 32.9. The molecule has 11 nitrogen and oxygen atoms in total. The van der Waals surface area contributed by atoms with Crippen molar-refractivity contribution in [2.45, 2.75) is 64.1 Å². The average molecular weight is 622 g/mol. The summed E-state index contributed by atoms with van der Waals surface area (Å²) < 4.78 is 6.90. The number of nitrogens with one attached hydrogen (secondary N) is 3. The number of alkyl carbamates (subject to hydrolysis) is 1. The zero-order chi connectivity index (χ0) is 31.5. The van der Waals surface area contributed by atoms with E-state index in [2.05, 4.69) is 25.9 Å². The molecule has 4 rings (SSSR count). The minimum Gasteiger partial charge on any atom is -0.441 e. The molecule has 7 N–H and O–H groups in total. The SMILES string of the molecule is CC(C)C[C@H](NC(=O)OC(c1ccccc1)C1CCNCC1)C(=O)N[C@@H](CCCN=C(N)N)C(=O)c1nc2ccccc2s1. The minimum absolute atomic E-state index is 0.0407. The van der Waals surface area contributed by atoms with Gasteiger partial charge in [0.15, 0.2) is 11.0 Å². The summed E-state index contributed by atoms with van der Waals surface area (Å²) in [6.45, 7) is 5.94. The molecule has 2 amide bonds. The fraction of sp³-hybridized carbons (Fsp3) is 0.469. The molecule has 12 heteroatoms. The monoisotopic (exact) mass is 621 g/mol. The van der Waals surface area contributed by atoms with Gasteiger partial charge in [-0.2, -0.15) is 0 Å². The van der Waals surface area contributed by atoms with Crippen molar-refractivity contribution >= 4 is 45.3 Å². The predicted octanol–water partition coefficient (Wildman–Crippen LogP) is 3.90. The topological polar surface area (TPSA) is 174 Å². The Hall–Kier alpha value is -4.03. The van der Waals surface area contributed by atoms with Gasteiger partial charge in [-0.1, -0.05) is 56.3 Å². The number of thiazole rings is 1. The summed E-state index contributed by atoms with van der Waals surface area (Å²) in [4.78, 5) is 49.2. The second-order valence-corrected chi connectivity index (χ2v) is 12.5. The highest BCUT2D eigenvalue weighted by atomic mass is 32.1. The molecule has 3 aromatic rings. The van der Waals surface area contributed by atoms with Crippen molar-refractivity contribution in [2.24, 2.45) is 28.3 Å². The summed E-state index contributed by atoms with van der Waals surface area (Å²) in [6.07, 6.45) is 1.75. The van der Waals surface area contributed by atoms with Crippen molar-refractivity contribution < 1.29 is 19.1 Å². The number of amides is 2. The zero-order valence-electron chi connectivity index (χ0n) is 25.3. The van der Waals surface area contributed by atoms with Gasteiger partial charge in [0.25, 0.3) is 0 Å². The van der Waals surface area contributed by atoms with Crippen LogP contribution in [0.15, 0.2) is 59.6 Å². The van der Waals surface area contributed by atoms with Gasteiger partial charge in [-0.25, -0.2) is 9.78 Å². The Labute approximate surface area is 262 Å². The molecule has 44 heavy (non-hydrogen) atoms. The highest BCUT2D eigenvalue weighted by Crippen LogP contribution is 2.32. The van der Waals surface area contributed by atoms with Gasteiger partial charge < -0.3 is 32.2 Å². The number of piperidine rings is 1. The van der Waals surface area contributed by atoms with Gasteiger partial charge >= 0.3 is 6.09 Å². The quantitative estimate of drug-likeness (QED) is 0.0780. The van der Waals surface area contributed by atoms with E-state index in [9.17, 15) is 14.4 Å². The Morgan fingerprint density at radius 2 is 1.73 bits per heavy atom. The molecule has 0 radical (unpaired) electrons. The van der Waals surface area contributed by atoms with Crippen molar-refractivity contribution in [2.75, 3.05) is 19.6 Å². The van der Waals surface area contributed by atoms with Crippen LogP contribution in [0.5, 0.6) is 0 Å². The number of Topliss-reactive ketones (excluding diaryl/α,β-unsaturated/α-hetero) is 1. The molecule has 0 bridgehead atoms. The average Bonchev–Trinajstić information content (AvgIpc) is 3.45. The minimum atomic E-state index is -0.907. The molecule has 1 aromatic heterocycles. The number of para-hydroxylation sites is 1. The molecular formula is C32H43N7O4S. The number of ether oxygens (including phenoxy) is 1. The van der Waals surface area contributed by atoms with Crippen LogP contribution < -0.4 is 27.4 Å². The molecule has 1 unspecified atom stereocenters. The summed E-state index contributed by atoms with van der Waals surface area (Å²) in [5, 5.41) is 9.36. The zero-order valence-corrected chi connectivity index (χ0v) is 26.1. The molecule has 1 aliphatic rings. The van der Waals surface area contributed by atoms with E-state index < -0.39 is 30.2 Å². The maximum atomic E-state index is 13.7. The molecule has 3 atom stereocenters. The number of rotatable bonds is 14. The highest BCUT2D eigenvalue weighted by Gasteiger charge is 2.32. The van der Waals surface area contributed by atoms with E-state index >= 15 is 0 Å². The maximum absolute atomic E-state index is 13.7. The number of nitrogens with two attached hydrogens (primary N) is 2. The molecule has 1 fully saturated rings. The summed E-state index contributed by atoms with van der Waals surface area (Å²) in [5.41, 5.74) is 12.6. The third kappa shape index (κ3) is 9.48. The molecule has 2 heterocycles. The lowest BCUT2D eigenvalue weighted by atomic mass is 9.88. The number of hydrogen-bond donors (Lipinski definition) is 5. The molecular weight excluding hydrogens is 578 g/mol. The van der Waals surface area contributed by atoms with Crippen LogP contribution in [0, 0.1) is 11.8 Å². The van der Waals surface area contributed by atoms with Crippen molar-refractivity contribution in [1.29, 1.82) is 0 Å². The van der Waals surface area contributed by atoms with Crippen LogP contribution in [-0.4, -0.2) is 60.4 Å². The second kappa shape index (κ2) is 16.2. The number of carbonyl (C=O) groups excluding carboxylic acids is 3. The van der Waals surface area contributed by atoms with Gasteiger partial charge in [-0.15, -0.1) is 11.3 Å². The third-order valence-electron chi connectivity index (χ3n) is 7.57. The van der Waals surface area contributed by atoms with E-state index in [1.54, 1.807) is 0 Å². The number of aromatic nitrogens is 1. The molecule has 236 valence electrons. The lowest BCUT2D eigenvalue weighted by molar-refractivity contribution is -0.124. The van der Waals surface area contributed by atoms with Crippen LogP contribution >= 0.6 is 11.3 Å². The third-order valence-corrected chi connectivity index (χ3v) is 8.62. The number of aliphatic imine (C=N–C) groups is 1. The van der Waals surface area contributed by atoms with E-state index in [4.69, 9.17) is 16.2 Å². The number of nitrogens with zero attached hydrogens (tertiary/aromatic N) is 2. The van der Waals surface area contributed by atoms with Crippen LogP contribution in [0.4, 0.5) is 4.79 Å². The number of fused-ring (bicyclic) bond motifs is 1. The van der Waals surface area contributed by atoms with Crippen LogP contribution in [0.2, 0.25) is 0 Å². The van der Waals surface area contributed by atoms with Crippen LogP contribution in [0.1, 0.15) is 67.4 Å². The summed E-state index contributed by atoms with van der Waals surface area (Å²) in [5.74, 6) is -0.565. The van der Waals surface area contributed by atoms with E-state index in [0.717, 1.165) is 41.7 Å². The van der Waals surface area contributed by atoms with Gasteiger partial charge in [-0.3, -0.25) is 14.6 Å². The second-order valence-electron chi connectivity index (χ2n) is 11.5. The molecule has 1 saturated heterocycles.